The number of rotatable bonds is 7. The van der Waals surface area contributed by atoms with Crippen molar-refractivity contribution < 1.29 is 14.1 Å². The van der Waals surface area contributed by atoms with Crippen molar-refractivity contribution in [1.29, 1.82) is 0 Å². The number of nitrogens with one attached hydrogen (secondary N) is 2. The lowest BCUT2D eigenvalue weighted by atomic mass is 9.87. The molecule has 7 nitrogen and oxygen atoms in total. The maximum absolute atomic E-state index is 12.7. The van der Waals surface area contributed by atoms with Crippen LogP contribution in [-0.4, -0.2) is 15.8 Å². The van der Waals surface area contributed by atoms with Crippen LogP contribution in [0.2, 0.25) is 0 Å². The van der Waals surface area contributed by atoms with Gasteiger partial charge in [0.15, 0.2) is 0 Å². The van der Waals surface area contributed by atoms with Gasteiger partial charge in [-0.15, -0.1) is 0 Å². The Morgan fingerprint density at radius 3 is 2.66 bits per heavy atom. The predicted octanol–water partition coefficient (Wildman–Crippen LogP) is 4.51. The molecule has 146 valence electrons. The smallest absolute Gasteiger partial charge is 0.273 e. The second-order valence-corrected chi connectivity index (χ2v) is 6.72. The number of nitro groups is 1. The summed E-state index contributed by atoms with van der Waals surface area (Å²) >= 11 is 0. The third kappa shape index (κ3) is 3.89. The molecule has 2 N–H and O–H groups in total. The highest BCUT2D eigenvalue weighted by molar-refractivity contribution is 5.86. The molecule has 0 unspecified atom stereocenters. The number of aromatic nitrogens is 1. The van der Waals surface area contributed by atoms with Gasteiger partial charge in [0, 0.05) is 41.1 Å². The van der Waals surface area contributed by atoms with Gasteiger partial charge in [-0.2, -0.15) is 0 Å². The van der Waals surface area contributed by atoms with Crippen LogP contribution in [0.4, 0.5) is 5.69 Å². The molecule has 4 aromatic rings. The summed E-state index contributed by atoms with van der Waals surface area (Å²) < 4.78 is 5.24. The molecule has 1 amide bonds. The number of H-pyrrole nitrogens is 1. The number of nitrogens with zero attached hydrogens (tertiary/aromatic N) is 1. The second-order valence-electron chi connectivity index (χ2n) is 6.72. The summed E-state index contributed by atoms with van der Waals surface area (Å²) in [6, 6.07) is 17.8. The van der Waals surface area contributed by atoms with Crippen molar-refractivity contribution >= 4 is 22.5 Å². The fourth-order valence-electron chi connectivity index (χ4n) is 3.57. The van der Waals surface area contributed by atoms with Crippen LogP contribution in [-0.2, 0) is 11.3 Å². The fourth-order valence-corrected chi connectivity index (χ4v) is 3.57. The van der Waals surface area contributed by atoms with Gasteiger partial charge in [0.25, 0.3) is 5.69 Å². The Balaban J connectivity index is 1.70. The molecule has 1 atom stereocenters. The number of benzene rings is 2. The number of carbonyl (C=O) groups is 1. The summed E-state index contributed by atoms with van der Waals surface area (Å²) in [4.78, 5) is 27.1. The predicted molar refractivity (Wildman–Crippen MR) is 108 cm³/mol. The SMILES string of the molecule is O=C(C[C@@H](c1ccccc1[N+](=O)[O-])c1c[nH]c2ccccc12)NCc1ccco1. The van der Waals surface area contributed by atoms with Gasteiger partial charge < -0.3 is 14.7 Å². The van der Waals surface area contributed by atoms with Crippen molar-refractivity contribution in [2.24, 2.45) is 0 Å². The van der Waals surface area contributed by atoms with Crippen LogP contribution in [0, 0.1) is 10.1 Å². The Morgan fingerprint density at radius 1 is 1.07 bits per heavy atom. The van der Waals surface area contributed by atoms with Gasteiger partial charge in [0.05, 0.1) is 17.7 Å². The first-order chi connectivity index (χ1) is 14.1. The molecule has 0 fully saturated rings. The van der Waals surface area contributed by atoms with Crippen LogP contribution < -0.4 is 5.32 Å². The van der Waals surface area contributed by atoms with E-state index in [1.807, 2.05) is 30.5 Å². The fraction of sp³-hybridized carbons (Fsp3) is 0.136. The quantitative estimate of drug-likeness (QED) is 0.359. The van der Waals surface area contributed by atoms with Crippen LogP contribution in [0.3, 0.4) is 0 Å². The number of amides is 1. The van der Waals surface area contributed by atoms with Crippen molar-refractivity contribution in [3.8, 4) is 0 Å². The van der Waals surface area contributed by atoms with Crippen molar-refractivity contribution in [2.45, 2.75) is 18.9 Å². The average Bonchev–Trinajstić information content (AvgIpc) is 3.40. The zero-order valence-corrected chi connectivity index (χ0v) is 15.5. The van der Waals surface area contributed by atoms with Gasteiger partial charge in [-0.25, -0.2) is 0 Å². The molecule has 0 aliphatic rings. The first kappa shape index (κ1) is 18.5. The molecule has 0 aliphatic carbocycles. The largest absolute Gasteiger partial charge is 0.467 e. The molecule has 4 rings (SSSR count). The molecule has 0 saturated heterocycles. The molecule has 0 aliphatic heterocycles. The molecule has 7 heteroatoms. The number of carbonyl (C=O) groups excluding carboxylic acids is 1. The number of fused-ring (bicyclic) bond motifs is 1. The standard InChI is InChI=1S/C22H19N3O4/c26-22(24-13-15-6-5-11-29-15)12-18(17-8-2-4-10-21(17)25(27)28)19-14-23-20-9-3-1-7-16(19)20/h1-11,14,18,23H,12-13H2,(H,24,26)/t18-/m0/s1. The maximum atomic E-state index is 12.7. The Labute approximate surface area is 166 Å². The first-order valence-electron chi connectivity index (χ1n) is 9.22. The van der Waals surface area contributed by atoms with E-state index >= 15 is 0 Å². The maximum Gasteiger partial charge on any atom is 0.273 e. The molecule has 0 radical (unpaired) electrons. The van der Waals surface area contributed by atoms with Crippen molar-refractivity contribution in [3.05, 3.63) is 100 Å². The van der Waals surface area contributed by atoms with Gasteiger partial charge in [0.1, 0.15) is 5.76 Å². The number of furan rings is 1. The topological polar surface area (TPSA) is 101 Å². The van der Waals surface area contributed by atoms with Crippen molar-refractivity contribution in [1.82, 2.24) is 10.3 Å². The number of hydrogen-bond acceptors (Lipinski definition) is 4. The molecule has 2 aromatic carbocycles. The first-order valence-corrected chi connectivity index (χ1v) is 9.22. The molecule has 0 bridgehead atoms. The van der Waals surface area contributed by atoms with Crippen LogP contribution in [0.25, 0.3) is 10.9 Å². The molecule has 2 heterocycles. The lowest BCUT2D eigenvalue weighted by Crippen LogP contribution is -2.25. The van der Waals surface area contributed by atoms with E-state index in [-0.39, 0.29) is 24.6 Å². The summed E-state index contributed by atoms with van der Waals surface area (Å²) in [5.41, 5.74) is 2.28. The third-order valence-electron chi connectivity index (χ3n) is 4.93. The minimum Gasteiger partial charge on any atom is -0.467 e. The number of nitro benzene ring substituents is 1. The minimum absolute atomic E-state index is 0.00150. The summed E-state index contributed by atoms with van der Waals surface area (Å²) in [5, 5.41) is 15.4. The Bertz CT molecular complexity index is 1150. The molecule has 0 saturated carbocycles. The summed E-state index contributed by atoms with van der Waals surface area (Å²) in [6.07, 6.45) is 3.45. The van der Waals surface area contributed by atoms with E-state index in [1.54, 1.807) is 36.6 Å². The van der Waals surface area contributed by atoms with Crippen LogP contribution in [0.15, 0.2) is 77.5 Å². The van der Waals surface area contributed by atoms with Crippen LogP contribution in [0.5, 0.6) is 0 Å². The Hall–Kier alpha value is -3.87. The highest BCUT2D eigenvalue weighted by Crippen LogP contribution is 2.37. The molecule has 29 heavy (non-hydrogen) atoms. The van der Waals surface area contributed by atoms with E-state index in [4.69, 9.17) is 4.42 Å². The van der Waals surface area contributed by atoms with Crippen molar-refractivity contribution in [2.75, 3.05) is 0 Å². The summed E-state index contributed by atoms with van der Waals surface area (Å²) in [7, 11) is 0. The van der Waals surface area contributed by atoms with E-state index < -0.39 is 10.8 Å². The molecular formula is C22H19N3O4. The number of aromatic amines is 1. The minimum atomic E-state index is -0.468. The highest BCUT2D eigenvalue weighted by Gasteiger charge is 2.27. The van der Waals surface area contributed by atoms with Crippen LogP contribution in [0.1, 0.15) is 29.2 Å². The molecule has 0 spiro atoms. The number of para-hydroxylation sites is 2. The van der Waals surface area contributed by atoms with E-state index in [0.717, 1.165) is 16.5 Å². The molecule has 2 aromatic heterocycles. The number of hydrogen-bond donors (Lipinski definition) is 2. The lowest BCUT2D eigenvalue weighted by molar-refractivity contribution is -0.385. The summed E-state index contributed by atoms with van der Waals surface area (Å²) in [5.74, 6) is -0.0353. The Kier molecular flexibility index (Phi) is 5.11. The van der Waals surface area contributed by atoms with Gasteiger partial charge in [-0.3, -0.25) is 14.9 Å². The lowest BCUT2D eigenvalue weighted by Gasteiger charge is -2.17. The van der Waals surface area contributed by atoms with E-state index in [1.165, 1.54) is 6.07 Å². The monoisotopic (exact) mass is 389 g/mol. The zero-order chi connectivity index (χ0) is 20.2. The second kappa shape index (κ2) is 8.02. The van der Waals surface area contributed by atoms with Gasteiger partial charge in [0.2, 0.25) is 5.91 Å². The highest BCUT2D eigenvalue weighted by atomic mass is 16.6. The van der Waals surface area contributed by atoms with Gasteiger partial charge in [-0.05, 0) is 23.8 Å². The van der Waals surface area contributed by atoms with Crippen LogP contribution >= 0.6 is 0 Å². The molecular weight excluding hydrogens is 370 g/mol. The van der Waals surface area contributed by atoms with Crippen molar-refractivity contribution in [3.63, 3.8) is 0 Å². The third-order valence-corrected chi connectivity index (χ3v) is 4.93. The van der Waals surface area contributed by atoms with Gasteiger partial charge in [-0.1, -0.05) is 36.4 Å². The average molecular weight is 389 g/mol. The van der Waals surface area contributed by atoms with E-state index in [2.05, 4.69) is 10.3 Å². The zero-order valence-electron chi connectivity index (χ0n) is 15.5. The van der Waals surface area contributed by atoms with E-state index in [0.29, 0.717) is 11.3 Å². The van der Waals surface area contributed by atoms with E-state index in [9.17, 15) is 14.9 Å². The normalized spacial score (nSPS) is 12.0. The Morgan fingerprint density at radius 2 is 1.86 bits per heavy atom. The van der Waals surface area contributed by atoms with Gasteiger partial charge >= 0.3 is 0 Å². The summed E-state index contributed by atoms with van der Waals surface area (Å²) in [6.45, 7) is 0.267.